The first-order valence-electron chi connectivity index (χ1n) is 12.7. The van der Waals surface area contributed by atoms with Crippen LogP contribution >= 0.6 is 44.6 Å². The minimum Gasteiger partial charge on any atom is -0.366 e. The maximum Gasteiger partial charge on any atom is 0.225 e. The van der Waals surface area contributed by atoms with Gasteiger partial charge in [0.2, 0.25) is 5.91 Å². The van der Waals surface area contributed by atoms with Crippen molar-refractivity contribution in [3.05, 3.63) is 17.2 Å². The Bertz CT molecular complexity index is 1370. The Morgan fingerprint density at radius 3 is 2.45 bits per heavy atom. The number of carbonyl (C=O) groups is 1. The number of nitrogens with one attached hydrogen (secondary N) is 3. The molecule has 3 N–H and O–H groups in total. The van der Waals surface area contributed by atoms with Gasteiger partial charge >= 0.3 is 0 Å². The number of nitriles is 1. The zero-order valence-electron chi connectivity index (χ0n) is 21.7. The number of amides is 1. The highest BCUT2D eigenvalue weighted by molar-refractivity contribution is 8.26. The molecule has 2 aliphatic carbocycles. The van der Waals surface area contributed by atoms with E-state index in [1.54, 1.807) is 11.9 Å². The standard InChI is InChI=1S/C25H32ClN8OPS2/c1-14(2)22(35)33-10-8-32(9-11-33)16-17-19(26)30-21(20(28)37-23(29)25(13-27)6-7-25)34(17)12-15(18(16)36)38-31-24(3)4-5-24/h12,14,28-29,31H,4-11,36H2,1-3H3. The number of fused-ring (bicyclic) bond motifs is 1. The lowest BCUT2D eigenvalue weighted by molar-refractivity contribution is -0.134. The smallest absolute Gasteiger partial charge is 0.225 e. The van der Waals surface area contributed by atoms with Crippen LogP contribution in [0.4, 0.5) is 5.69 Å². The number of thioether (sulfide) groups is 1. The third kappa shape index (κ3) is 5.18. The molecular weight excluding hydrogens is 559 g/mol. The van der Waals surface area contributed by atoms with E-state index < -0.39 is 5.41 Å². The Kier molecular flexibility index (Phi) is 7.51. The lowest BCUT2D eigenvalue weighted by Crippen LogP contribution is -2.50. The second-order valence-corrected chi connectivity index (χ2v) is 13.7. The minimum absolute atomic E-state index is 0.0370. The summed E-state index contributed by atoms with van der Waals surface area (Å²) >= 11 is 9.29. The van der Waals surface area contributed by atoms with Crippen LogP contribution in [-0.2, 0) is 4.79 Å². The van der Waals surface area contributed by atoms with Crippen molar-refractivity contribution in [3.8, 4) is 6.07 Å². The normalized spacial score (nSPS) is 19.5. The van der Waals surface area contributed by atoms with Crippen molar-refractivity contribution < 1.29 is 4.79 Å². The van der Waals surface area contributed by atoms with Crippen molar-refractivity contribution in [3.63, 3.8) is 0 Å². The number of piperazine rings is 1. The molecule has 1 atom stereocenters. The van der Waals surface area contributed by atoms with Gasteiger partial charge in [-0.2, -0.15) is 5.26 Å². The average Bonchev–Trinajstić information content (AvgIpc) is 3.82. The van der Waals surface area contributed by atoms with Gasteiger partial charge in [-0.1, -0.05) is 37.2 Å². The number of aromatic nitrogens is 2. The topological polar surface area (TPSA) is 124 Å². The second kappa shape index (κ2) is 10.3. The molecule has 5 rings (SSSR count). The molecule has 0 spiro atoms. The molecule has 0 radical (unpaired) electrons. The Balaban J connectivity index is 1.51. The zero-order valence-corrected chi connectivity index (χ0v) is 25.3. The Hall–Kier alpha value is -1.83. The maximum atomic E-state index is 12.6. The summed E-state index contributed by atoms with van der Waals surface area (Å²) in [4.78, 5) is 22.3. The molecule has 2 aromatic heterocycles. The highest BCUT2D eigenvalue weighted by Crippen LogP contribution is 2.49. The fraction of sp³-hybridized carbons (Fsp3) is 0.560. The molecule has 2 saturated carbocycles. The van der Waals surface area contributed by atoms with E-state index >= 15 is 0 Å². The van der Waals surface area contributed by atoms with Crippen molar-refractivity contribution in [2.75, 3.05) is 31.1 Å². The molecule has 1 amide bonds. The molecule has 3 heterocycles. The fourth-order valence-corrected chi connectivity index (χ4v) is 7.12. The third-order valence-corrected chi connectivity index (χ3v) is 10.7. The summed E-state index contributed by atoms with van der Waals surface area (Å²) in [5.74, 6) is 0.480. The second-order valence-electron chi connectivity index (χ2n) is 10.9. The largest absolute Gasteiger partial charge is 0.366 e. The zero-order chi connectivity index (χ0) is 27.4. The predicted molar refractivity (Wildman–Crippen MR) is 159 cm³/mol. The van der Waals surface area contributed by atoms with E-state index in [9.17, 15) is 10.1 Å². The van der Waals surface area contributed by atoms with Crippen LogP contribution < -0.4 is 14.9 Å². The van der Waals surface area contributed by atoms with Crippen LogP contribution in [-0.4, -0.2) is 62.0 Å². The summed E-state index contributed by atoms with van der Waals surface area (Å²) in [6.45, 7) is 8.62. The number of hydrogen-bond donors (Lipinski definition) is 3. The van der Waals surface area contributed by atoms with Gasteiger partial charge in [-0.25, -0.2) is 4.98 Å². The molecule has 13 heteroatoms. The molecule has 3 aliphatic rings. The van der Waals surface area contributed by atoms with E-state index in [0.717, 1.165) is 40.5 Å². The van der Waals surface area contributed by atoms with Crippen molar-refractivity contribution in [2.24, 2.45) is 11.3 Å². The molecule has 0 bridgehead atoms. The van der Waals surface area contributed by atoms with Crippen LogP contribution in [0, 0.1) is 33.5 Å². The van der Waals surface area contributed by atoms with Gasteiger partial charge in [0.25, 0.3) is 0 Å². The highest BCUT2D eigenvalue weighted by atomic mass is 35.5. The molecule has 38 heavy (non-hydrogen) atoms. The Labute approximate surface area is 238 Å². The number of rotatable bonds is 7. The summed E-state index contributed by atoms with van der Waals surface area (Å²) in [7, 11) is 2.87. The average molecular weight is 591 g/mol. The molecule has 1 saturated heterocycles. The summed E-state index contributed by atoms with van der Waals surface area (Å²) in [5.41, 5.74) is 0.981. The molecule has 1 unspecified atom stereocenters. The van der Waals surface area contributed by atoms with E-state index in [1.165, 1.54) is 0 Å². The molecule has 0 aromatic carbocycles. The molecule has 1 aliphatic heterocycles. The summed E-state index contributed by atoms with van der Waals surface area (Å²) in [6.07, 6.45) is 5.51. The quantitative estimate of drug-likeness (QED) is 0.190. The van der Waals surface area contributed by atoms with E-state index in [4.69, 9.17) is 22.4 Å². The molecule has 202 valence electrons. The van der Waals surface area contributed by atoms with Gasteiger partial charge in [0, 0.05) is 54.0 Å². The number of imidazole rings is 1. The molecule has 2 aromatic rings. The van der Waals surface area contributed by atoms with Crippen LogP contribution in [0.3, 0.4) is 0 Å². The van der Waals surface area contributed by atoms with Gasteiger partial charge in [-0.15, -0.1) is 9.24 Å². The molecule has 9 nitrogen and oxygen atoms in total. The van der Waals surface area contributed by atoms with Crippen LogP contribution in [0.2, 0.25) is 5.15 Å². The fourth-order valence-electron chi connectivity index (χ4n) is 4.48. The van der Waals surface area contributed by atoms with Gasteiger partial charge in [0.05, 0.1) is 16.8 Å². The van der Waals surface area contributed by atoms with E-state index in [0.29, 0.717) is 50.4 Å². The lowest BCUT2D eigenvalue weighted by atomic mass is 10.1. The molecular formula is C25H32ClN8OPS2. The first-order valence-corrected chi connectivity index (χ1v) is 15.3. The summed E-state index contributed by atoms with van der Waals surface area (Å²) in [6, 6.07) is 2.23. The van der Waals surface area contributed by atoms with Crippen molar-refractivity contribution in [1.82, 2.24) is 19.0 Å². The van der Waals surface area contributed by atoms with Crippen molar-refractivity contribution in [2.45, 2.75) is 56.9 Å². The lowest BCUT2D eigenvalue weighted by Gasteiger charge is -2.38. The van der Waals surface area contributed by atoms with E-state index in [2.05, 4.69) is 36.8 Å². The van der Waals surface area contributed by atoms with Gasteiger partial charge in [0.1, 0.15) is 16.0 Å². The number of carbonyl (C=O) groups excluding carboxylic acids is 1. The number of pyridine rings is 1. The van der Waals surface area contributed by atoms with Gasteiger partial charge in [-0.3, -0.25) is 24.7 Å². The van der Waals surface area contributed by atoms with Crippen LogP contribution in [0.5, 0.6) is 0 Å². The molecule has 3 fully saturated rings. The Morgan fingerprint density at radius 2 is 1.89 bits per heavy atom. The summed E-state index contributed by atoms with van der Waals surface area (Å²) < 4.78 is 5.43. The predicted octanol–water partition coefficient (Wildman–Crippen LogP) is 4.28. The number of anilines is 1. The van der Waals surface area contributed by atoms with E-state index in [-0.39, 0.29) is 32.6 Å². The highest BCUT2D eigenvalue weighted by Gasteiger charge is 2.48. The van der Waals surface area contributed by atoms with Crippen LogP contribution in [0.1, 0.15) is 52.3 Å². The van der Waals surface area contributed by atoms with Crippen molar-refractivity contribution in [1.29, 1.82) is 16.1 Å². The van der Waals surface area contributed by atoms with Gasteiger partial charge in [-0.05, 0) is 44.6 Å². The van der Waals surface area contributed by atoms with Crippen LogP contribution in [0.15, 0.2) is 11.1 Å². The summed E-state index contributed by atoms with van der Waals surface area (Å²) in [5, 5.41) is 28.3. The van der Waals surface area contributed by atoms with Gasteiger partial charge in [0.15, 0.2) is 11.0 Å². The number of halogens is 1. The van der Waals surface area contributed by atoms with Crippen molar-refractivity contribution >= 4 is 77.1 Å². The first kappa shape index (κ1) is 27.7. The van der Waals surface area contributed by atoms with E-state index in [1.807, 2.05) is 29.3 Å². The minimum atomic E-state index is -0.760. The monoisotopic (exact) mass is 590 g/mol. The number of hydrogen-bond acceptors (Lipinski definition) is 9. The SMILES string of the molecule is CC(C)C(=O)N1CCN(c2c(P)c(SNC3(C)CC3)cn3c(C(=N)SC(=N)C4(C#N)CC4)nc(Cl)c23)CC1. The maximum absolute atomic E-state index is 12.6. The van der Waals surface area contributed by atoms with Crippen LogP contribution in [0.25, 0.3) is 5.52 Å². The third-order valence-electron chi connectivity index (χ3n) is 7.47. The Morgan fingerprint density at radius 1 is 1.24 bits per heavy atom. The first-order chi connectivity index (χ1) is 18.0. The number of nitrogens with zero attached hydrogens (tertiary/aromatic N) is 5. The van der Waals surface area contributed by atoms with Gasteiger partial charge < -0.3 is 9.80 Å².